The maximum atomic E-state index is 12.9. The van der Waals surface area contributed by atoms with E-state index in [1.54, 1.807) is 44.0 Å². The van der Waals surface area contributed by atoms with Crippen LogP contribution in [0.2, 0.25) is 0 Å². The molecule has 0 atom stereocenters. The Bertz CT molecular complexity index is 1060. The Labute approximate surface area is 149 Å². The summed E-state index contributed by atoms with van der Waals surface area (Å²) in [7, 11) is 1.63. The van der Waals surface area contributed by atoms with Gasteiger partial charge in [0.15, 0.2) is 5.78 Å². The van der Waals surface area contributed by atoms with E-state index in [0.717, 1.165) is 22.5 Å². The summed E-state index contributed by atoms with van der Waals surface area (Å²) >= 11 is 0. The van der Waals surface area contributed by atoms with Gasteiger partial charge in [-0.05, 0) is 42.5 Å². The number of methoxy groups -OCH3 is 1. The summed E-state index contributed by atoms with van der Waals surface area (Å²) in [5, 5.41) is 4.10. The van der Waals surface area contributed by atoms with Gasteiger partial charge in [0.1, 0.15) is 11.4 Å². The van der Waals surface area contributed by atoms with Crippen molar-refractivity contribution in [1.29, 1.82) is 0 Å². The van der Waals surface area contributed by atoms with Crippen molar-refractivity contribution >= 4 is 28.2 Å². The number of ether oxygens (including phenoxy) is 1. The van der Waals surface area contributed by atoms with Gasteiger partial charge in [0.05, 0.1) is 23.7 Å². The maximum absolute atomic E-state index is 12.9. The number of pyridine rings is 2. The van der Waals surface area contributed by atoms with E-state index in [9.17, 15) is 4.79 Å². The predicted octanol–water partition coefficient (Wildman–Crippen LogP) is 3.94. The van der Waals surface area contributed by atoms with Gasteiger partial charge in [-0.25, -0.2) is 4.98 Å². The molecule has 0 radical (unpaired) electrons. The molecule has 0 amide bonds. The summed E-state index contributed by atoms with van der Waals surface area (Å²) in [4.78, 5) is 24.3. The molecule has 1 aromatic carbocycles. The number of benzene rings is 1. The molecule has 6 nitrogen and oxygen atoms in total. The number of hydrogen-bond donors (Lipinski definition) is 2. The number of rotatable bonds is 5. The minimum Gasteiger partial charge on any atom is -0.497 e. The van der Waals surface area contributed by atoms with Gasteiger partial charge in [-0.3, -0.25) is 9.78 Å². The summed E-state index contributed by atoms with van der Waals surface area (Å²) in [5.41, 5.74) is 3.42. The molecule has 0 saturated carbocycles. The highest BCUT2D eigenvalue weighted by atomic mass is 16.5. The lowest BCUT2D eigenvalue weighted by molar-refractivity contribution is 0.104. The summed E-state index contributed by atoms with van der Waals surface area (Å²) < 4.78 is 5.18. The Hall–Kier alpha value is -3.67. The largest absolute Gasteiger partial charge is 0.497 e. The highest BCUT2D eigenvalue weighted by Gasteiger charge is 2.17. The van der Waals surface area contributed by atoms with Crippen molar-refractivity contribution in [2.75, 3.05) is 12.4 Å². The predicted molar refractivity (Wildman–Crippen MR) is 100 cm³/mol. The third-order valence-corrected chi connectivity index (χ3v) is 4.11. The van der Waals surface area contributed by atoms with E-state index in [1.807, 2.05) is 30.3 Å². The molecule has 4 rings (SSSR count). The Kier molecular flexibility index (Phi) is 4.07. The summed E-state index contributed by atoms with van der Waals surface area (Å²) in [6, 6.07) is 12.9. The van der Waals surface area contributed by atoms with E-state index in [-0.39, 0.29) is 5.78 Å². The van der Waals surface area contributed by atoms with Crippen LogP contribution in [0.25, 0.3) is 11.0 Å². The summed E-state index contributed by atoms with van der Waals surface area (Å²) in [6.07, 6.45) is 6.59. The first-order chi connectivity index (χ1) is 12.8. The van der Waals surface area contributed by atoms with Gasteiger partial charge < -0.3 is 15.0 Å². The van der Waals surface area contributed by atoms with Crippen molar-refractivity contribution in [2.24, 2.45) is 0 Å². The molecule has 0 fully saturated rings. The first-order valence-electron chi connectivity index (χ1n) is 8.08. The first-order valence-corrected chi connectivity index (χ1v) is 8.08. The van der Waals surface area contributed by atoms with Crippen LogP contribution in [0, 0.1) is 0 Å². The molecule has 3 aromatic heterocycles. The Morgan fingerprint density at radius 3 is 2.69 bits per heavy atom. The average molecular weight is 344 g/mol. The molecule has 26 heavy (non-hydrogen) atoms. The van der Waals surface area contributed by atoms with E-state index in [2.05, 4.69) is 20.3 Å². The smallest absolute Gasteiger partial charge is 0.196 e. The molecule has 0 aliphatic carbocycles. The fourth-order valence-electron chi connectivity index (χ4n) is 2.82. The standard InChI is InChI=1S/C20H16N4O2/c1-26-15-6-4-14(5-7-15)24-17-8-10-22-20-18(17)16(12-23-20)19(25)13-3-2-9-21-11-13/h2-12H,1H3,(H2,22,23,24). The molecule has 0 saturated heterocycles. The monoisotopic (exact) mass is 344 g/mol. The van der Waals surface area contributed by atoms with Crippen LogP contribution in [0.5, 0.6) is 5.75 Å². The Morgan fingerprint density at radius 2 is 1.96 bits per heavy atom. The van der Waals surface area contributed by atoms with Crippen molar-refractivity contribution in [2.45, 2.75) is 0 Å². The van der Waals surface area contributed by atoms with E-state index in [0.29, 0.717) is 16.8 Å². The van der Waals surface area contributed by atoms with Gasteiger partial charge in [0, 0.05) is 36.0 Å². The molecule has 6 heteroatoms. The van der Waals surface area contributed by atoms with Gasteiger partial charge in [0.2, 0.25) is 0 Å². The van der Waals surface area contributed by atoms with Crippen LogP contribution in [0.1, 0.15) is 15.9 Å². The quantitative estimate of drug-likeness (QED) is 0.536. The lowest BCUT2D eigenvalue weighted by Crippen LogP contribution is -2.02. The number of aromatic amines is 1. The van der Waals surface area contributed by atoms with Crippen molar-refractivity contribution < 1.29 is 9.53 Å². The van der Waals surface area contributed by atoms with Crippen molar-refractivity contribution in [3.8, 4) is 5.75 Å². The average Bonchev–Trinajstić information content (AvgIpc) is 3.14. The van der Waals surface area contributed by atoms with Crippen LogP contribution < -0.4 is 10.1 Å². The molecule has 3 heterocycles. The second-order valence-electron chi connectivity index (χ2n) is 5.71. The number of hydrogen-bond acceptors (Lipinski definition) is 5. The van der Waals surface area contributed by atoms with E-state index >= 15 is 0 Å². The maximum Gasteiger partial charge on any atom is 0.196 e. The molecule has 0 bridgehead atoms. The zero-order valence-corrected chi connectivity index (χ0v) is 14.1. The van der Waals surface area contributed by atoms with E-state index < -0.39 is 0 Å². The molecule has 4 aromatic rings. The number of fused-ring (bicyclic) bond motifs is 1. The number of ketones is 1. The number of anilines is 2. The minimum absolute atomic E-state index is 0.102. The van der Waals surface area contributed by atoms with Gasteiger partial charge >= 0.3 is 0 Å². The Balaban J connectivity index is 1.75. The van der Waals surface area contributed by atoms with Gasteiger partial charge in [-0.2, -0.15) is 0 Å². The lowest BCUT2D eigenvalue weighted by atomic mass is 10.0. The number of carbonyl (C=O) groups is 1. The minimum atomic E-state index is -0.102. The van der Waals surface area contributed by atoms with Crippen LogP contribution in [-0.4, -0.2) is 27.8 Å². The zero-order valence-electron chi connectivity index (χ0n) is 14.1. The summed E-state index contributed by atoms with van der Waals surface area (Å²) in [6.45, 7) is 0. The molecule has 0 aliphatic rings. The van der Waals surface area contributed by atoms with Gasteiger partial charge in [0.25, 0.3) is 0 Å². The third kappa shape index (κ3) is 2.88. The molecule has 128 valence electrons. The zero-order chi connectivity index (χ0) is 17.9. The lowest BCUT2D eigenvalue weighted by Gasteiger charge is -2.10. The summed E-state index contributed by atoms with van der Waals surface area (Å²) in [5.74, 6) is 0.680. The van der Waals surface area contributed by atoms with Crippen LogP contribution >= 0.6 is 0 Å². The number of aromatic nitrogens is 3. The van der Waals surface area contributed by atoms with Crippen LogP contribution in [-0.2, 0) is 0 Å². The molecular formula is C20H16N4O2. The van der Waals surface area contributed by atoms with E-state index in [1.165, 1.54) is 0 Å². The van der Waals surface area contributed by atoms with Crippen molar-refractivity contribution in [1.82, 2.24) is 15.0 Å². The molecular weight excluding hydrogens is 328 g/mol. The highest BCUT2D eigenvalue weighted by Crippen LogP contribution is 2.30. The highest BCUT2D eigenvalue weighted by molar-refractivity contribution is 6.18. The van der Waals surface area contributed by atoms with Gasteiger partial charge in [-0.15, -0.1) is 0 Å². The van der Waals surface area contributed by atoms with E-state index in [4.69, 9.17) is 4.74 Å². The fourth-order valence-corrected chi connectivity index (χ4v) is 2.82. The number of carbonyl (C=O) groups excluding carboxylic acids is 1. The molecule has 0 spiro atoms. The second kappa shape index (κ2) is 6.68. The molecule has 0 aliphatic heterocycles. The third-order valence-electron chi connectivity index (χ3n) is 4.11. The van der Waals surface area contributed by atoms with Crippen LogP contribution in [0.4, 0.5) is 11.4 Å². The van der Waals surface area contributed by atoms with Gasteiger partial charge in [-0.1, -0.05) is 0 Å². The SMILES string of the molecule is COc1ccc(Nc2ccnc3[nH]cc(C(=O)c4cccnc4)c23)cc1. The molecule has 2 N–H and O–H groups in total. The van der Waals surface area contributed by atoms with Crippen molar-refractivity contribution in [3.63, 3.8) is 0 Å². The molecule has 0 unspecified atom stereocenters. The van der Waals surface area contributed by atoms with Crippen LogP contribution in [0.15, 0.2) is 67.3 Å². The van der Waals surface area contributed by atoms with Crippen molar-refractivity contribution in [3.05, 3.63) is 78.4 Å². The number of nitrogens with one attached hydrogen (secondary N) is 2. The normalized spacial score (nSPS) is 10.7. The topological polar surface area (TPSA) is 79.9 Å². The second-order valence-corrected chi connectivity index (χ2v) is 5.71. The fraction of sp³-hybridized carbons (Fsp3) is 0.0500. The van der Waals surface area contributed by atoms with Crippen LogP contribution in [0.3, 0.4) is 0 Å². The number of nitrogens with zero attached hydrogens (tertiary/aromatic N) is 2. The first kappa shape index (κ1) is 15.8. The Morgan fingerprint density at radius 1 is 1.12 bits per heavy atom. The number of H-pyrrole nitrogens is 1.